The van der Waals surface area contributed by atoms with Gasteiger partial charge in [0.05, 0.1) is 0 Å². The fraction of sp³-hybridized carbons (Fsp3) is 0. The van der Waals surface area contributed by atoms with E-state index in [2.05, 4.69) is 0 Å². The normalized spacial score (nSPS) is 10.8. The molecule has 94 valence electrons. The summed E-state index contributed by atoms with van der Waals surface area (Å²) in [5.41, 5.74) is 0.826. The van der Waals surface area contributed by atoms with Gasteiger partial charge in [-0.25, -0.2) is 4.79 Å². The van der Waals surface area contributed by atoms with Crippen molar-refractivity contribution in [2.75, 3.05) is 0 Å². The molecule has 1 aromatic heterocycles. The van der Waals surface area contributed by atoms with Crippen LogP contribution in [0, 0.1) is 0 Å². The smallest absolute Gasteiger partial charge is 0.371 e. The van der Waals surface area contributed by atoms with Gasteiger partial charge < -0.3 is 9.52 Å². The molecule has 0 aliphatic heterocycles. The SMILES string of the molecule is O=C(O)c1ccc(-c2ccc(Cl)c3ccccc23)o1. The van der Waals surface area contributed by atoms with Crippen LogP contribution in [0.5, 0.6) is 0 Å². The topological polar surface area (TPSA) is 50.4 Å². The first-order chi connectivity index (χ1) is 9.16. The van der Waals surface area contributed by atoms with Gasteiger partial charge in [-0.2, -0.15) is 0 Å². The van der Waals surface area contributed by atoms with Crippen molar-refractivity contribution in [3.05, 3.63) is 59.3 Å². The van der Waals surface area contributed by atoms with E-state index < -0.39 is 5.97 Å². The van der Waals surface area contributed by atoms with E-state index in [1.807, 2.05) is 30.3 Å². The Morgan fingerprint density at radius 3 is 2.42 bits per heavy atom. The molecule has 3 aromatic rings. The van der Waals surface area contributed by atoms with Gasteiger partial charge in [0.1, 0.15) is 5.76 Å². The zero-order valence-electron chi connectivity index (χ0n) is 9.76. The molecule has 0 amide bonds. The Balaban J connectivity index is 2.24. The van der Waals surface area contributed by atoms with E-state index in [-0.39, 0.29) is 5.76 Å². The fourth-order valence-electron chi connectivity index (χ4n) is 2.07. The lowest BCUT2D eigenvalue weighted by Crippen LogP contribution is -1.91. The molecule has 0 aliphatic rings. The third kappa shape index (κ3) is 1.98. The first-order valence-electron chi connectivity index (χ1n) is 5.67. The zero-order chi connectivity index (χ0) is 13.4. The average Bonchev–Trinajstić information content (AvgIpc) is 2.89. The number of fused-ring (bicyclic) bond motifs is 1. The Kier molecular flexibility index (Phi) is 2.76. The van der Waals surface area contributed by atoms with Gasteiger partial charge in [0.15, 0.2) is 0 Å². The van der Waals surface area contributed by atoms with Crippen LogP contribution >= 0.6 is 11.6 Å². The van der Waals surface area contributed by atoms with E-state index in [4.69, 9.17) is 21.1 Å². The summed E-state index contributed by atoms with van der Waals surface area (Å²) in [6.07, 6.45) is 0. The van der Waals surface area contributed by atoms with Crippen molar-refractivity contribution >= 4 is 28.3 Å². The minimum Gasteiger partial charge on any atom is -0.475 e. The zero-order valence-corrected chi connectivity index (χ0v) is 10.5. The van der Waals surface area contributed by atoms with Crippen molar-refractivity contribution in [1.29, 1.82) is 0 Å². The molecule has 0 saturated heterocycles. The van der Waals surface area contributed by atoms with Gasteiger partial charge >= 0.3 is 5.97 Å². The third-order valence-electron chi connectivity index (χ3n) is 2.95. The molecule has 0 aliphatic carbocycles. The number of carbonyl (C=O) groups is 1. The van der Waals surface area contributed by atoms with Crippen LogP contribution in [0.15, 0.2) is 52.9 Å². The molecule has 0 saturated carbocycles. The summed E-state index contributed by atoms with van der Waals surface area (Å²) in [5, 5.41) is 11.4. The Hall–Kier alpha value is -2.26. The molecule has 4 heteroatoms. The van der Waals surface area contributed by atoms with Crippen LogP contribution in [0.3, 0.4) is 0 Å². The maximum atomic E-state index is 10.8. The maximum Gasteiger partial charge on any atom is 0.371 e. The Morgan fingerprint density at radius 1 is 1.00 bits per heavy atom. The summed E-state index contributed by atoms with van der Waals surface area (Å²) in [5.74, 6) is -0.635. The summed E-state index contributed by atoms with van der Waals surface area (Å²) in [4.78, 5) is 10.8. The number of furan rings is 1. The maximum absolute atomic E-state index is 10.8. The number of carboxylic acids is 1. The molecule has 0 unspecified atom stereocenters. The van der Waals surface area contributed by atoms with Crippen molar-refractivity contribution in [3.63, 3.8) is 0 Å². The lowest BCUT2D eigenvalue weighted by molar-refractivity contribution is 0.0663. The lowest BCUT2D eigenvalue weighted by Gasteiger charge is -2.05. The molecule has 19 heavy (non-hydrogen) atoms. The predicted octanol–water partition coefficient (Wildman–Crippen LogP) is 4.45. The third-order valence-corrected chi connectivity index (χ3v) is 3.28. The number of benzene rings is 2. The van der Waals surface area contributed by atoms with Crippen LogP contribution in [0.2, 0.25) is 5.02 Å². The second-order valence-electron chi connectivity index (χ2n) is 4.11. The van der Waals surface area contributed by atoms with Gasteiger partial charge in [-0.1, -0.05) is 35.9 Å². The molecule has 0 radical (unpaired) electrons. The Bertz CT molecular complexity index is 774. The van der Waals surface area contributed by atoms with Gasteiger partial charge in [-0.3, -0.25) is 0 Å². The van der Waals surface area contributed by atoms with E-state index in [9.17, 15) is 4.79 Å². The van der Waals surface area contributed by atoms with E-state index in [1.54, 1.807) is 12.1 Å². The molecular formula is C15H9ClO3. The number of rotatable bonds is 2. The summed E-state index contributed by atoms with van der Waals surface area (Å²) in [7, 11) is 0. The predicted molar refractivity (Wildman–Crippen MR) is 73.6 cm³/mol. The minimum absolute atomic E-state index is 0.0750. The van der Waals surface area contributed by atoms with Crippen LogP contribution in [0.4, 0.5) is 0 Å². The molecule has 1 heterocycles. The van der Waals surface area contributed by atoms with Crippen molar-refractivity contribution in [2.45, 2.75) is 0 Å². The monoisotopic (exact) mass is 272 g/mol. The number of halogens is 1. The quantitative estimate of drug-likeness (QED) is 0.750. The molecular weight excluding hydrogens is 264 g/mol. The van der Waals surface area contributed by atoms with E-state index >= 15 is 0 Å². The average molecular weight is 273 g/mol. The molecule has 0 fully saturated rings. The van der Waals surface area contributed by atoms with Crippen molar-refractivity contribution in [1.82, 2.24) is 0 Å². The van der Waals surface area contributed by atoms with E-state index in [0.717, 1.165) is 16.3 Å². The fourth-order valence-corrected chi connectivity index (χ4v) is 2.30. The highest BCUT2D eigenvalue weighted by Crippen LogP contribution is 2.33. The minimum atomic E-state index is -1.08. The first-order valence-corrected chi connectivity index (χ1v) is 6.05. The Morgan fingerprint density at radius 2 is 1.74 bits per heavy atom. The highest BCUT2D eigenvalue weighted by Gasteiger charge is 2.13. The lowest BCUT2D eigenvalue weighted by atomic mass is 10.0. The molecule has 0 spiro atoms. The van der Waals surface area contributed by atoms with E-state index in [0.29, 0.717) is 10.8 Å². The van der Waals surface area contributed by atoms with Crippen LogP contribution in [0.1, 0.15) is 10.6 Å². The summed E-state index contributed by atoms with van der Waals surface area (Å²) in [6, 6.07) is 14.4. The molecule has 3 nitrogen and oxygen atoms in total. The molecule has 3 rings (SSSR count). The van der Waals surface area contributed by atoms with Crippen LogP contribution in [-0.2, 0) is 0 Å². The molecule has 1 N–H and O–H groups in total. The molecule has 0 atom stereocenters. The number of aromatic carboxylic acids is 1. The van der Waals surface area contributed by atoms with Gasteiger partial charge in [-0.05, 0) is 29.7 Å². The Labute approximate surface area is 114 Å². The highest BCUT2D eigenvalue weighted by molar-refractivity contribution is 6.36. The van der Waals surface area contributed by atoms with E-state index in [1.165, 1.54) is 6.07 Å². The summed E-state index contributed by atoms with van der Waals surface area (Å²) < 4.78 is 5.34. The van der Waals surface area contributed by atoms with Crippen LogP contribution in [0.25, 0.3) is 22.1 Å². The van der Waals surface area contributed by atoms with Crippen molar-refractivity contribution in [2.24, 2.45) is 0 Å². The second kappa shape index (κ2) is 4.44. The van der Waals surface area contributed by atoms with Crippen LogP contribution in [-0.4, -0.2) is 11.1 Å². The molecule has 0 bridgehead atoms. The van der Waals surface area contributed by atoms with Crippen molar-refractivity contribution < 1.29 is 14.3 Å². The van der Waals surface area contributed by atoms with Crippen LogP contribution < -0.4 is 0 Å². The number of hydrogen-bond acceptors (Lipinski definition) is 2. The number of carboxylic acid groups (broad SMARTS) is 1. The summed E-state index contributed by atoms with van der Waals surface area (Å²) >= 11 is 6.15. The second-order valence-corrected chi connectivity index (χ2v) is 4.52. The van der Waals surface area contributed by atoms with Gasteiger partial charge in [0.2, 0.25) is 5.76 Å². The first kappa shape index (κ1) is 11.8. The van der Waals surface area contributed by atoms with Crippen molar-refractivity contribution in [3.8, 4) is 11.3 Å². The van der Waals surface area contributed by atoms with Gasteiger partial charge in [-0.15, -0.1) is 0 Å². The highest BCUT2D eigenvalue weighted by atomic mass is 35.5. The largest absolute Gasteiger partial charge is 0.475 e. The molecule has 2 aromatic carbocycles. The van der Waals surface area contributed by atoms with Gasteiger partial charge in [0.25, 0.3) is 0 Å². The summed E-state index contributed by atoms with van der Waals surface area (Å²) in [6.45, 7) is 0. The number of hydrogen-bond donors (Lipinski definition) is 1. The van der Waals surface area contributed by atoms with Gasteiger partial charge in [0, 0.05) is 16.0 Å². The standard InChI is InChI=1S/C15H9ClO3/c16-12-6-5-11(9-3-1-2-4-10(9)12)13-7-8-14(19-13)15(17)18/h1-8H,(H,17,18).